The summed E-state index contributed by atoms with van der Waals surface area (Å²) in [5.41, 5.74) is 1.87. The van der Waals surface area contributed by atoms with Crippen molar-refractivity contribution in [2.45, 2.75) is 6.92 Å². The summed E-state index contributed by atoms with van der Waals surface area (Å²) in [6.45, 7) is 3.85. The van der Waals surface area contributed by atoms with Crippen LogP contribution in [0.3, 0.4) is 0 Å². The normalized spacial score (nSPS) is 14.4. The molecule has 1 aliphatic heterocycles. The smallest absolute Gasteiger partial charge is 0.321 e. The summed E-state index contributed by atoms with van der Waals surface area (Å²) in [4.78, 5) is 38.0. The number of carbonyl (C=O) groups is 3. The van der Waals surface area contributed by atoms with Gasteiger partial charge >= 0.3 is 12.0 Å². The number of carboxylic acid groups (broad SMARTS) is 1. The van der Waals surface area contributed by atoms with Crippen molar-refractivity contribution < 1.29 is 19.5 Å². The second-order valence-corrected chi connectivity index (χ2v) is 6.54. The van der Waals surface area contributed by atoms with Gasteiger partial charge in [0, 0.05) is 31.9 Å². The van der Waals surface area contributed by atoms with Gasteiger partial charge in [-0.1, -0.05) is 17.7 Å². The lowest BCUT2D eigenvalue weighted by Crippen LogP contribution is -2.52. The molecule has 8 heteroatoms. The molecule has 1 aromatic carbocycles. The molecule has 2 rings (SSSR count). The fourth-order valence-corrected chi connectivity index (χ4v) is 2.95. The minimum Gasteiger partial charge on any atom is -0.481 e. The molecule has 0 spiro atoms. The number of amides is 3. The summed E-state index contributed by atoms with van der Waals surface area (Å²) in [6.07, 6.45) is 0. The molecule has 1 fully saturated rings. The first-order valence-electron chi connectivity index (χ1n) is 7.65. The van der Waals surface area contributed by atoms with Crippen molar-refractivity contribution in [3.05, 3.63) is 29.8 Å². The number of aliphatic carboxylic acids is 1. The number of hydrogen-bond acceptors (Lipinski definition) is 4. The maximum atomic E-state index is 12.2. The first kappa shape index (κ1) is 18.1. The lowest BCUT2D eigenvalue weighted by Gasteiger charge is -2.34. The van der Waals surface area contributed by atoms with Crippen LogP contribution >= 0.6 is 11.8 Å². The highest BCUT2D eigenvalue weighted by molar-refractivity contribution is 8.00. The number of hydrogen-bond donors (Lipinski definition) is 2. The van der Waals surface area contributed by atoms with E-state index in [1.54, 1.807) is 9.80 Å². The number of anilines is 1. The van der Waals surface area contributed by atoms with E-state index in [-0.39, 0.29) is 23.4 Å². The van der Waals surface area contributed by atoms with Crippen molar-refractivity contribution in [3.8, 4) is 0 Å². The third kappa shape index (κ3) is 5.45. The van der Waals surface area contributed by atoms with E-state index in [0.717, 1.165) is 23.0 Å². The van der Waals surface area contributed by atoms with Gasteiger partial charge in [0.15, 0.2) is 0 Å². The lowest BCUT2D eigenvalue weighted by atomic mass is 10.2. The molecule has 7 nitrogen and oxygen atoms in total. The van der Waals surface area contributed by atoms with Gasteiger partial charge in [0.2, 0.25) is 5.91 Å². The molecule has 1 aromatic rings. The van der Waals surface area contributed by atoms with Crippen LogP contribution in [0.1, 0.15) is 5.56 Å². The summed E-state index contributed by atoms with van der Waals surface area (Å²) >= 11 is 1.09. The number of nitrogens with one attached hydrogen (secondary N) is 1. The lowest BCUT2D eigenvalue weighted by molar-refractivity contribution is -0.133. The Morgan fingerprint density at radius 1 is 1.04 bits per heavy atom. The maximum absolute atomic E-state index is 12.2. The molecule has 0 aliphatic carbocycles. The largest absolute Gasteiger partial charge is 0.481 e. The monoisotopic (exact) mass is 351 g/mol. The van der Waals surface area contributed by atoms with E-state index in [0.29, 0.717) is 26.2 Å². The topological polar surface area (TPSA) is 90.0 Å². The predicted octanol–water partition coefficient (Wildman–Crippen LogP) is 1.49. The standard InChI is InChI=1S/C16H21N3O4S/c1-12-2-4-13(5-3-12)17-16(23)19-8-6-18(7-9-19)14(20)10-24-11-15(21)22/h2-5H,6-11H2,1H3,(H,17,23)(H,21,22). The van der Waals surface area contributed by atoms with Gasteiger partial charge in [0.05, 0.1) is 11.5 Å². The quantitative estimate of drug-likeness (QED) is 0.839. The number of aryl methyl sites for hydroxylation is 1. The number of rotatable bonds is 5. The molecule has 0 saturated carbocycles. The summed E-state index contributed by atoms with van der Waals surface area (Å²) in [7, 11) is 0. The van der Waals surface area contributed by atoms with Crippen LogP contribution < -0.4 is 5.32 Å². The van der Waals surface area contributed by atoms with Gasteiger partial charge < -0.3 is 20.2 Å². The van der Waals surface area contributed by atoms with Crippen molar-refractivity contribution in [1.29, 1.82) is 0 Å². The Morgan fingerprint density at radius 2 is 1.62 bits per heavy atom. The van der Waals surface area contributed by atoms with Crippen LogP contribution in [-0.2, 0) is 9.59 Å². The van der Waals surface area contributed by atoms with E-state index in [1.807, 2.05) is 31.2 Å². The Bertz CT molecular complexity index is 598. The van der Waals surface area contributed by atoms with E-state index in [1.165, 1.54) is 0 Å². The highest BCUT2D eigenvalue weighted by Crippen LogP contribution is 2.11. The fourth-order valence-electron chi connectivity index (χ4n) is 2.32. The van der Waals surface area contributed by atoms with E-state index in [9.17, 15) is 14.4 Å². The molecule has 1 heterocycles. The molecule has 3 amide bonds. The SMILES string of the molecule is Cc1ccc(NC(=O)N2CCN(C(=O)CSCC(=O)O)CC2)cc1. The van der Waals surface area contributed by atoms with Crippen molar-refractivity contribution >= 4 is 35.4 Å². The van der Waals surface area contributed by atoms with E-state index in [4.69, 9.17) is 5.11 Å². The first-order chi connectivity index (χ1) is 11.5. The molecule has 24 heavy (non-hydrogen) atoms. The molecule has 1 aliphatic rings. The Labute approximate surface area is 145 Å². The van der Waals surface area contributed by atoms with Gasteiger partial charge in [0.1, 0.15) is 0 Å². The van der Waals surface area contributed by atoms with Gasteiger partial charge in [-0.2, -0.15) is 0 Å². The minimum atomic E-state index is -0.926. The Balaban J connectivity index is 1.75. The minimum absolute atomic E-state index is 0.0787. The second kappa shape index (κ2) is 8.58. The van der Waals surface area contributed by atoms with Crippen LogP contribution in [0.4, 0.5) is 10.5 Å². The van der Waals surface area contributed by atoms with Crippen LogP contribution in [0.25, 0.3) is 0 Å². The highest BCUT2D eigenvalue weighted by Gasteiger charge is 2.24. The second-order valence-electron chi connectivity index (χ2n) is 5.55. The van der Waals surface area contributed by atoms with E-state index < -0.39 is 5.97 Å². The maximum Gasteiger partial charge on any atom is 0.321 e. The molecule has 0 atom stereocenters. The van der Waals surface area contributed by atoms with Gasteiger partial charge in [-0.15, -0.1) is 11.8 Å². The number of carbonyl (C=O) groups excluding carboxylic acids is 2. The molecule has 0 unspecified atom stereocenters. The zero-order valence-corrected chi connectivity index (χ0v) is 14.3. The predicted molar refractivity (Wildman–Crippen MR) is 93.3 cm³/mol. The van der Waals surface area contributed by atoms with Crippen molar-refractivity contribution in [3.63, 3.8) is 0 Å². The Hall–Kier alpha value is -2.22. The number of nitrogens with zero attached hydrogens (tertiary/aromatic N) is 2. The molecular weight excluding hydrogens is 330 g/mol. The molecule has 0 bridgehead atoms. The average molecular weight is 351 g/mol. The van der Waals surface area contributed by atoms with Crippen molar-refractivity contribution in [1.82, 2.24) is 9.80 Å². The van der Waals surface area contributed by atoms with Crippen LogP contribution in [0.5, 0.6) is 0 Å². The van der Waals surface area contributed by atoms with Crippen LogP contribution in [0.15, 0.2) is 24.3 Å². The number of piperazine rings is 1. The Morgan fingerprint density at radius 3 is 2.21 bits per heavy atom. The molecular formula is C16H21N3O4S. The summed E-state index contributed by atoms with van der Waals surface area (Å²) in [5.74, 6) is -0.933. The molecule has 1 saturated heterocycles. The number of urea groups is 1. The molecule has 0 radical (unpaired) electrons. The van der Waals surface area contributed by atoms with Crippen LogP contribution in [-0.4, -0.2) is 70.5 Å². The number of benzene rings is 1. The zero-order chi connectivity index (χ0) is 17.5. The number of thioether (sulfide) groups is 1. The van der Waals surface area contributed by atoms with E-state index >= 15 is 0 Å². The first-order valence-corrected chi connectivity index (χ1v) is 8.81. The Kier molecular flexibility index (Phi) is 6.48. The van der Waals surface area contributed by atoms with Gasteiger partial charge in [-0.05, 0) is 19.1 Å². The number of carboxylic acids is 1. The zero-order valence-electron chi connectivity index (χ0n) is 13.5. The molecule has 130 valence electrons. The molecule has 0 aromatic heterocycles. The third-order valence-corrected chi connectivity index (χ3v) is 4.58. The summed E-state index contributed by atoms with van der Waals surface area (Å²) in [5, 5.41) is 11.4. The summed E-state index contributed by atoms with van der Waals surface area (Å²) in [6, 6.07) is 7.40. The van der Waals surface area contributed by atoms with Gasteiger partial charge in [-0.25, -0.2) is 4.79 Å². The van der Waals surface area contributed by atoms with Crippen LogP contribution in [0.2, 0.25) is 0 Å². The third-order valence-electron chi connectivity index (χ3n) is 3.67. The van der Waals surface area contributed by atoms with Crippen molar-refractivity contribution in [2.24, 2.45) is 0 Å². The fraction of sp³-hybridized carbons (Fsp3) is 0.438. The summed E-state index contributed by atoms with van der Waals surface area (Å²) < 4.78 is 0. The van der Waals surface area contributed by atoms with Crippen LogP contribution in [0, 0.1) is 6.92 Å². The molecule has 2 N–H and O–H groups in total. The average Bonchev–Trinajstić information content (AvgIpc) is 2.56. The van der Waals surface area contributed by atoms with Gasteiger partial charge in [-0.3, -0.25) is 9.59 Å². The van der Waals surface area contributed by atoms with E-state index in [2.05, 4.69) is 5.32 Å². The van der Waals surface area contributed by atoms with Crippen molar-refractivity contribution in [2.75, 3.05) is 43.0 Å². The highest BCUT2D eigenvalue weighted by atomic mass is 32.2. The van der Waals surface area contributed by atoms with Gasteiger partial charge in [0.25, 0.3) is 0 Å².